The summed E-state index contributed by atoms with van der Waals surface area (Å²) in [4.78, 5) is 35.0. The molecule has 1 aliphatic rings. The molecular weight excluding hydrogens is 378 g/mol. The van der Waals surface area contributed by atoms with Crippen LogP contribution in [-0.4, -0.2) is 77.7 Å². The molecule has 1 N–H and O–H groups in total. The first-order chi connectivity index (χ1) is 13.3. The van der Waals surface area contributed by atoms with E-state index in [4.69, 9.17) is 4.74 Å². The van der Waals surface area contributed by atoms with Gasteiger partial charge in [0.25, 0.3) is 11.8 Å². The van der Waals surface area contributed by atoms with Gasteiger partial charge in [-0.1, -0.05) is 6.07 Å². The molecular formula is C20H27N3O4S. The van der Waals surface area contributed by atoms with Gasteiger partial charge < -0.3 is 19.6 Å². The van der Waals surface area contributed by atoms with Crippen LogP contribution in [0.15, 0.2) is 18.3 Å². The number of nitrogens with zero attached hydrogens (tertiary/aromatic N) is 3. The van der Waals surface area contributed by atoms with Gasteiger partial charge >= 0.3 is 0 Å². The highest BCUT2D eigenvalue weighted by Crippen LogP contribution is 2.40. The number of likely N-dealkylation sites (N-methyl/N-ethyl adjacent to an activating group) is 1. The first-order valence-electron chi connectivity index (χ1n) is 9.38. The average molecular weight is 406 g/mol. The van der Waals surface area contributed by atoms with Crippen molar-refractivity contribution in [3.05, 3.63) is 28.8 Å². The van der Waals surface area contributed by atoms with Crippen LogP contribution in [0.4, 0.5) is 0 Å². The number of ether oxygens (including phenoxy) is 1. The number of aliphatic hydroxyl groups is 1. The number of fused-ring (bicyclic) bond motifs is 1. The quantitative estimate of drug-likeness (QED) is 0.796. The fourth-order valence-corrected chi connectivity index (χ4v) is 4.81. The summed E-state index contributed by atoms with van der Waals surface area (Å²) >= 11 is 1.38. The van der Waals surface area contributed by atoms with E-state index in [1.165, 1.54) is 23.3 Å². The molecule has 0 unspecified atom stereocenters. The monoisotopic (exact) mass is 405 g/mol. The summed E-state index contributed by atoms with van der Waals surface area (Å²) in [6.07, 6.45) is 2.51. The van der Waals surface area contributed by atoms with Crippen LogP contribution < -0.4 is 0 Å². The van der Waals surface area contributed by atoms with Crippen LogP contribution in [0.25, 0.3) is 10.2 Å². The van der Waals surface area contributed by atoms with E-state index >= 15 is 0 Å². The fourth-order valence-electron chi connectivity index (χ4n) is 3.59. The number of methoxy groups -OCH3 is 1. The Balaban J connectivity index is 1.95. The second kappa shape index (κ2) is 8.14. The van der Waals surface area contributed by atoms with Crippen LogP contribution in [-0.2, 0) is 9.53 Å². The maximum absolute atomic E-state index is 13.0. The SMILES string of the molecule is COC(C)(C)C(=O)N1CC[C@@H](c2c(C(=O)N(C)CCO)sc3ncccc23)C1. The van der Waals surface area contributed by atoms with Crippen LogP contribution in [0.3, 0.4) is 0 Å². The Labute approximate surface area is 168 Å². The number of aromatic nitrogens is 1. The zero-order valence-electron chi connectivity index (χ0n) is 16.8. The zero-order valence-corrected chi connectivity index (χ0v) is 17.6. The number of rotatable bonds is 6. The Morgan fingerprint density at radius 3 is 2.89 bits per heavy atom. The van der Waals surface area contributed by atoms with Crippen molar-refractivity contribution in [3.63, 3.8) is 0 Å². The lowest BCUT2D eigenvalue weighted by Gasteiger charge is -2.28. The number of carbonyl (C=O) groups excluding carboxylic acids is 2. The summed E-state index contributed by atoms with van der Waals surface area (Å²) in [5.41, 5.74) is 0.0982. The Bertz CT molecular complexity index is 879. The molecule has 0 saturated carbocycles. The third kappa shape index (κ3) is 3.76. The minimum Gasteiger partial charge on any atom is -0.395 e. The first-order valence-corrected chi connectivity index (χ1v) is 10.2. The van der Waals surface area contributed by atoms with Gasteiger partial charge in [-0.2, -0.15) is 0 Å². The van der Waals surface area contributed by atoms with E-state index < -0.39 is 5.60 Å². The molecule has 1 fully saturated rings. The van der Waals surface area contributed by atoms with Gasteiger partial charge in [-0.05, 0) is 31.9 Å². The molecule has 1 atom stereocenters. The first kappa shape index (κ1) is 20.7. The van der Waals surface area contributed by atoms with Crippen LogP contribution in [0.2, 0.25) is 0 Å². The van der Waals surface area contributed by atoms with E-state index in [0.717, 1.165) is 22.2 Å². The van der Waals surface area contributed by atoms with E-state index in [2.05, 4.69) is 4.98 Å². The summed E-state index contributed by atoms with van der Waals surface area (Å²) in [5.74, 6) is -0.0921. The van der Waals surface area contributed by atoms with Crippen molar-refractivity contribution >= 4 is 33.4 Å². The third-order valence-corrected chi connectivity index (χ3v) is 6.51. The van der Waals surface area contributed by atoms with Gasteiger partial charge in [-0.3, -0.25) is 9.59 Å². The molecule has 28 heavy (non-hydrogen) atoms. The Morgan fingerprint density at radius 1 is 1.46 bits per heavy atom. The highest BCUT2D eigenvalue weighted by atomic mass is 32.1. The van der Waals surface area contributed by atoms with Gasteiger partial charge in [0.2, 0.25) is 0 Å². The number of pyridine rings is 1. The standard InChI is InChI=1S/C20H27N3O4S/c1-20(2,27-4)19(26)23-9-7-13(12-23)15-14-6-5-8-21-17(14)28-16(15)18(25)22(3)10-11-24/h5-6,8,13,24H,7,9-12H2,1-4H3/t13-/m1/s1. The van der Waals surface area contributed by atoms with Gasteiger partial charge in [-0.15, -0.1) is 11.3 Å². The number of aliphatic hydroxyl groups excluding tert-OH is 1. The lowest BCUT2D eigenvalue weighted by atomic mass is 9.95. The smallest absolute Gasteiger partial charge is 0.264 e. The van der Waals surface area contributed by atoms with Crippen molar-refractivity contribution in [2.75, 3.05) is 40.4 Å². The second-order valence-corrected chi connectivity index (χ2v) is 8.60. The number of thiophene rings is 1. The van der Waals surface area contributed by atoms with Crippen molar-refractivity contribution in [3.8, 4) is 0 Å². The van der Waals surface area contributed by atoms with Crippen LogP contribution in [0.1, 0.15) is 41.4 Å². The summed E-state index contributed by atoms with van der Waals surface area (Å²) in [6, 6.07) is 3.86. The number of amides is 2. The molecule has 152 valence electrons. The third-order valence-electron chi connectivity index (χ3n) is 5.39. The van der Waals surface area contributed by atoms with Gasteiger partial charge in [0, 0.05) is 51.3 Å². The molecule has 3 heterocycles. The van der Waals surface area contributed by atoms with Crippen molar-refractivity contribution in [1.29, 1.82) is 0 Å². The molecule has 0 bridgehead atoms. The average Bonchev–Trinajstić information content (AvgIpc) is 3.31. The van der Waals surface area contributed by atoms with Crippen molar-refractivity contribution < 1.29 is 19.4 Å². The number of carbonyl (C=O) groups is 2. The molecule has 0 aromatic carbocycles. The maximum Gasteiger partial charge on any atom is 0.264 e. The zero-order chi connectivity index (χ0) is 20.5. The van der Waals surface area contributed by atoms with Gasteiger partial charge in [-0.25, -0.2) is 4.98 Å². The highest BCUT2D eigenvalue weighted by Gasteiger charge is 2.38. The topological polar surface area (TPSA) is 83.0 Å². The van der Waals surface area contributed by atoms with Crippen LogP contribution >= 0.6 is 11.3 Å². The van der Waals surface area contributed by atoms with Crippen molar-refractivity contribution in [2.24, 2.45) is 0 Å². The van der Waals surface area contributed by atoms with Crippen molar-refractivity contribution in [1.82, 2.24) is 14.8 Å². The van der Waals surface area contributed by atoms with E-state index in [-0.39, 0.29) is 30.9 Å². The molecule has 1 saturated heterocycles. The number of hydrogen-bond donors (Lipinski definition) is 1. The summed E-state index contributed by atoms with van der Waals surface area (Å²) in [6.45, 7) is 4.91. The molecule has 0 spiro atoms. The molecule has 8 heteroatoms. The number of hydrogen-bond acceptors (Lipinski definition) is 6. The molecule has 2 aromatic rings. The molecule has 7 nitrogen and oxygen atoms in total. The predicted octanol–water partition coefficient (Wildman–Crippen LogP) is 2.10. The molecule has 3 rings (SSSR count). The minimum atomic E-state index is -0.868. The molecule has 0 radical (unpaired) electrons. The van der Waals surface area contributed by atoms with Crippen molar-refractivity contribution in [2.45, 2.75) is 31.8 Å². The van der Waals surface area contributed by atoms with E-state index in [0.29, 0.717) is 18.0 Å². The van der Waals surface area contributed by atoms with Crippen LogP contribution in [0, 0.1) is 0 Å². The summed E-state index contributed by atoms with van der Waals surface area (Å²) in [7, 11) is 3.23. The lowest BCUT2D eigenvalue weighted by molar-refractivity contribution is -0.149. The van der Waals surface area contributed by atoms with Gasteiger partial charge in [0.1, 0.15) is 10.4 Å². The highest BCUT2D eigenvalue weighted by molar-refractivity contribution is 7.20. The van der Waals surface area contributed by atoms with Crippen LogP contribution in [0.5, 0.6) is 0 Å². The summed E-state index contributed by atoms with van der Waals surface area (Å²) in [5, 5.41) is 10.2. The number of likely N-dealkylation sites (tertiary alicyclic amines) is 1. The van der Waals surface area contributed by atoms with Gasteiger partial charge in [0.15, 0.2) is 0 Å². The molecule has 0 aliphatic carbocycles. The fraction of sp³-hybridized carbons (Fsp3) is 0.550. The van der Waals surface area contributed by atoms with Gasteiger partial charge in [0.05, 0.1) is 11.5 Å². The van der Waals surface area contributed by atoms with E-state index in [9.17, 15) is 14.7 Å². The maximum atomic E-state index is 13.0. The summed E-state index contributed by atoms with van der Waals surface area (Å²) < 4.78 is 5.34. The largest absolute Gasteiger partial charge is 0.395 e. The normalized spacial score (nSPS) is 17.3. The predicted molar refractivity (Wildman–Crippen MR) is 109 cm³/mol. The molecule has 2 aromatic heterocycles. The lowest BCUT2D eigenvalue weighted by Crippen LogP contribution is -2.45. The molecule has 1 aliphatic heterocycles. The Kier molecular flexibility index (Phi) is 6.02. The minimum absolute atomic E-state index is 0.0413. The second-order valence-electron chi connectivity index (χ2n) is 7.60. The molecule has 2 amide bonds. The van der Waals surface area contributed by atoms with E-state index in [1.807, 2.05) is 17.0 Å². The Morgan fingerprint density at radius 2 is 2.21 bits per heavy atom. The Hall–Kier alpha value is -2.03. The van der Waals surface area contributed by atoms with E-state index in [1.54, 1.807) is 27.1 Å².